The Bertz CT molecular complexity index is 952. The van der Waals surface area contributed by atoms with Crippen LogP contribution in [0.15, 0.2) is 60.1 Å². The van der Waals surface area contributed by atoms with E-state index < -0.39 is 23.7 Å². The molecule has 0 bridgehead atoms. The van der Waals surface area contributed by atoms with Crippen molar-refractivity contribution >= 4 is 87.0 Å². The second-order valence-corrected chi connectivity index (χ2v) is 8.81. The molecule has 0 radical (unpaired) electrons. The molecule has 0 spiro atoms. The van der Waals surface area contributed by atoms with E-state index in [1.807, 2.05) is 6.07 Å². The van der Waals surface area contributed by atoms with Gasteiger partial charge in [-0.05, 0) is 81.9 Å². The fourth-order valence-corrected chi connectivity index (χ4v) is 4.74. The SMILES string of the molecule is O=C(Nc1c(Br)c(Br)cc(Br)c1Br)NC1C=C(O)C(=O)Nc2ccccc21. The van der Waals surface area contributed by atoms with Gasteiger partial charge in [0.25, 0.3) is 5.91 Å². The number of hydrogen-bond acceptors (Lipinski definition) is 3. The number of carbonyl (C=O) groups excluding carboxylic acids is 2. The molecule has 0 saturated carbocycles. The Morgan fingerprint density at radius 3 is 2.37 bits per heavy atom. The minimum Gasteiger partial charge on any atom is -0.503 e. The van der Waals surface area contributed by atoms with Crippen LogP contribution in [0, 0.1) is 0 Å². The van der Waals surface area contributed by atoms with Crippen LogP contribution in [0.5, 0.6) is 0 Å². The molecule has 2 aromatic rings. The Balaban J connectivity index is 1.89. The van der Waals surface area contributed by atoms with E-state index in [1.54, 1.807) is 24.3 Å². The molecule has 0 saturated heterocycles. The number of aliphatic hydroxyl groups is 1. The predicted octanol–water partition coefficient (Wildman–Crippen LogP) is 5.99. The van der Waals surface area contributed by atoms with Gasteiger partial charge in [-0.3, -0.25) is 4.79 Å². The lowest BCUT2D eigenvalue weighted by molar-refractivity contribution is -0.115. The van der Waals surface area contributed by atoms with Gasteiger partial charge in [0.2, 0.25) is 0 Å². The molecule has 6 nitrogen and oxygen atoms in total. The summed E-state index contributed by atoms with van der Waals surface area (Å²) in [5, 5.41) is 18.0. The lowest BCUT2D eigenvalue weighted by Crippen LogP contribution is -2.32. The summed E-state index contributed by atoms with van der Waals surface area (Å²) in [4.78, 5) is 24.5. The summed E-state index contributed by atoms with van der Waals surface area (Å²) in [5.41, 5.74) is 1.68. The highest BCUT2D eigenvalue weighted by Gasteiger charge is 2.24. The van der Waals surface area contributed by atoms with Crippen LogP contribution in [-0.2, 0) is 4.79 Å². The summed E-state index contributed by atoms with van der Waals surface area (Å²) < 4.78 is 2.81. The number of amides is 3. The Morgan fingerprint density at radius 1 is 1.07 bits per heavy atom. The summed E-state index contributed by atoms with van der Waals surface area (Å²) in [6.07, 6.45) is 1.29. The maximum atomic E-state index is 12.6. The average Bonchev–Trinajstić information content (AvgIpc) is 2.74. The number of para-hydroxylation sites is 1. The molecule has 1 aliphatic heterocycles. The van der Waals surface area contributed by atoms with Gasteiger partial charge in [-0.1, -0.05) is 18.2 Å². The van der Waals surface area contributed by atoms with Crippen molar-refractivity contribution in [2.75, 3.05) is 10.6 Å². The van der Waals surface area contributed by atoms with Gasteiger partial charge in [-0.25, -0.2) is 4.79 Å². The van der Waals surface area contributed by atoms with Crippen molar-refractivity contribution < 1.29 is 14.7 Å². The normalized spacial score (nSPS) is 15.9. The quantitative estimate of drug-likeness (QED) is 0.310. The Hall–Kier alpha value is -1.36. The maximum Gasteiger partial charge on any atom is 0.320 e. The summed E-state index contributed by atoms with van der Waals surface area (Å²) in [7, 11) is 0. The predicted molar refractivity (Wildman–Crippen MR) is 118 cm³/mol. The average molecular weight is 625 g/mol. The van der Waals surface area contributed by atoms with Crippen molar-refractivity contribution in [3.8, 4) is 0 Å². The first-order chi connectivity index (χ1) is 12.8. The zero-order valence-electron chi connectivity index (χ0n) is 13.3. The molecule has 140 valence electrons. The van der Waals surface area contributed by atoms with Crippen LogP contribution < -0.4 is 16.0 Å². The maximum absolute atomic E-state index is 12.6. The fraction of sp³-hybridized carbons (Fsp3) is 0.0588. The number of carbonyl (C=O) groups is 2. The summed E-state index contributed by atoms with van der Waals surface area (Å²) in [6.45, 7) is 0. The van der Waals surface area contributed by atoms with E-state index in [-0.39, 0.29) is 0 Å². The molecule has 27 heavy (non-hydrogen) atoms. The van der Waals surface area contributed by atoms with E-state index >= 15 is 0 Å². The lowest BCUT2D eigenvalue weighted by Gasteiger charge is -2.19. The number of aliphatic hydroxyl groups excluding tert-OH is 1. The van der Waals surface area contributed by atoms with E-state index in [0.29, 0.717) is 25.9 Å². The molecule has 0 aliphatic carbocycles. The standard InChI is InChI=1S/C17H11Br4N3O3/c18-8-5-9(19)14(21)15(13(8)20)24-17(27)23-11-6-12(25)16(26)22-10-4-2-1-3-7(10)11/h1-6,11,25H,(H,22,26)(H2,23,24,27). The minimum absolute atomic E-state index is 0.468. The number of hydrogen-bond donors (Lipinski definition) is 4. The van der Waals surface area contributed by atoms with E-state index in [4.69, 9.17) is 0 Å². The van der Waals surface area contributed by atoms with Crippen LogP contribution in [0.25, 0.3) is 0 Å². The molecular formula is C17H11Br4N3O3. The zero-order chi connectivity index (χ0) is 19.7. The van der Waals surface area contributed by atoms with Crippen LogP contribution in [0.2, 0.25) is 0 Å². The number of urea groups is 1. The van der Waals surface area contributed by atoms with Crippen LogP contribution in [0.1, 0.15) is 11.6 Å². The third kappa shape index (κ3) is 4.39. The highest BCUT2D eigenvalue weighted by Crippen LogP contribution is 2.41. The summed E-state index contributed by atoms with van der Waals surface area (Å²) >= 11 is 13.7. The van der Waals surface area contributed by atoms with Crippen LogP contribution in [0.4, 0.5) is 16.2 Å². The van der Waals surface area contributed by atoms with E-state index in [2.05, 4.69) is 79.7 Å². The lowest BCUT2D eigenvalue weighted by atomic mass is 10.1. The van der Waals surface area contributed by atoms with E-state index in [0.717, 1.165) is 8.95 Å². The minimum atomic E-state index is -0.701. The fourth-order valence-electron chi connectivity index (χ4n) is 2.48. The van der Waals surface area contributed by atoms with Crippen LogP contribution >= 0.6 is 63.7 Å². The van der Waals surface area contributed by atoms with Gasteiger partial charge in [0, 0.05) is 20.2 Å². The van der Waals surface area contributed by atoms with Gasteiger partial charge >= 0.3 is 6.03 Å². The Kier molecular flexibility index (Phi) is 6.29. The molecule has 1 aliphatic rings. The number of anilines is 2. The molecule has 2 aromatic carbocycles. The summed E-state index contributed by atoms with van der Waals surface area (Å²) in [6, 6.07) is 7.62. The monoisotopic (exact) mass is 621 g/mol. The van der Waals surface area contributed by atoms with E-state index in [9.17, 15) is 14.7 Å². The molecule has 1 atom stereocenters. The first-order valence-electron chi connectivity index (χ1n) is 7.49. The molecule has 0 aromatic heterocycles. The number of halogens is 4. The molecular weight excluding hydrogens is 614 g/mol. The number of benzene rings is 2. The number of fused-ring (bicyclic) bond motifs is 1. The van der Waals surface area contributed by atoms with Gasteiger partial charge in [0.15, 0.2) is 5.76 Å². The van der Waals surface area contributed by atoms with Crippen LogP contribution in [0.3, 0.4) is 0 Å². The Morgan fingerprint density at radius 2 is 1.70 bits per heavy atom. The molecule has 3 amide bonds. The highest BCUT2D eigenvalue weighted by atomic mass is 79.9. The zero-order valence-corrected chi connectivity index (χ0v) is 19.7. The summed E-state index contributed by atoms with van der Waals surface area (Å²) in [5.74, 6) is -1.10. The second kappa shape index (κ2) is 8.34. The highest BCUT2D eigenvalue weighted by molar-refractivity contribution is 9.14. The van der Waals surface area contributed by atoms with Crippen molar-refractivity contribution in [2.24, 2.45) is 0 Å². The second-order valence-electron chi connectivity index (χ2n) is 5.51. The first-order valence-corrected chi connectivity index (χ1v) is 10.7. The largest absolute Gasteiger partial charge is 0.503 e. The van der Waals surface area contributed by atoms with Gasteiger partial charge in [-0.2, -0.15) is 0 Å². The van der Waals surface area contributed by atoms with Crippen molar-refractivity contribution in [1.82, 2.24) is 5.32 Å². The van der Waals surface area contributed by atoms with Gasteiger partial charge < -0.3 is 21.1 Å². The molecule has 0 fully saturated rings. The molecule has 1 unspecified atom stereocenters. The van der Waals surface area contributed by atoms with Crippen molar-refractivity contribution in [3.63, 3.8) is 0 Å². The molecule has 10 heteroatoms. The van der Waals surface area contributed by atoms with Crippen LogP contribution in [-0.4, -0.2) is 17.0 Å². The smallest absolute Gasteiger partial charge is 0.320 e. The number of nitrogens with one attached hydrogen (secondary N) is 3. The first kappa shape index (κ1) is 20.4. The van der Waals surface area contributed by atoms with Crippen molar-refractivity contribution in [3.05, 3.63) is 65.6 Å². The molecule has 4 N–H and O–H groups in total. The van der Waals surface area contributed by atoms with Gasteiger partial charge in [-0.15, -0.1) is 0 Å². The topological polar surface area (TPSA) is 90.5 Å². The third-order valence-electron chi connectivity index (χ3n) is 3.74. The third-order valence-corrected chi connectivity index (χ3v) is 7.70. The number of rotatable bonds is 2. The van der Waals surface area contributed by atoms with Crippen molar-refractivity contribution in [2.45, 2.75) is 6.04 Å². The van der Waals surface area contributed by atoms with Gasteiger partial charge in [0.05, 0.1) is 20.7 Å². The molecule has 3 rings (SSSR count). The molecule has 1 heterocycles. The van der Waals surface area contributed by atoms with Gasteiger partial charge in [0.1, 0.15) is 0 Å². The Labute approximate surface area is 188 Å². The van der Waals surface area contributed by atoms with Crippen molar-refractivity contribution in [1.29, 1.82) is 0 Å². The van der Waals surface area contributed by atoms with E-state index in [1.165, 1.54) is 6.08 Å².